The van der Waals surface area contributed by atoms with Gasteiger partial charge in [-0.2, -0.15) is 0 Å². The van der Waals surface area contributed by atoms with Crippen molar-refractivity contribution in [1.29, 1.82) is 0 Å². The Labute approximate surface area is 100 Å². The van der Waals surface area contributed by atoms with Crippen LogP contribution in [0.2, 0.25) is 0 Å². The average Bonchev–Trinajstić information content (AvgIpc) is 2.78. The van der Waals surface area contributed by atoms with Gasteiger partial charge in [-0.3, -0.25) is 0 Å². The standard InChI is InChI=1S/C12H18N2O3/c1-2-14-5-3-4-9(8-14)6-11-13-7-10(17-11)12(15)16/h7,9H,2-6,8H2,1H3,(H,15,16). The number of piperidine rings is 1. The first-order valence-corrected chi connectivity index (χ1v) is 6.09. The van der Waals surface area contributed by atoms with E-state index in [-0.39, 0.29) is 5.76 Å². The van der Waals surface area contributed by atoms with Crippen molar-refractivity contribution in [3.05, 3.63) is 17.8 Å². The van der Waals surface area contributed by atoms with Crippen LogP contribution in [0.25, 0.3) is 0 Å². The van der Waals surface area contributed by atoms with Crippen LogP contribution in [-0.4, -0.2) is 40.6 Å². The van der Waals surface area contributed by atoms with Crippen LogP contribution in [0.4, 0.5) is 0 Å². The maximum Gasteiger partial charge on any atom is 0.373 e. The minimum atomic E-state index is -1.05. The Balaban J connectivity index is 1.93. The SMILES string of the molecule is CCN1CCCC(Cc2ncc(C(=O)O)o2)C1. The van der Waals surface area contributed by atoms with Crippen LogP contribution >= 0.6 is 0 Å². The molecule has 1 aromatic rings. The molecule has 0 spiro atoms. The van der Waals surface area contributed by atoms with Crippen LogP contribution in [0, 0.1) is 5.92 Å². The van der Waals surface area contributed by atoms with Crippen molar-refractivity contribution in [2.24, 2.45) is 5.92 Å². The Bertz CT molecular complexity index is 389. The second kappa shape index (κ2) is 5.31. The molecule has 0 aliphatic carbocycles. The molecular formula is C12H18N2O3. The van der Waals surface area contributed by atoms with Crippen molar-refractivity contribution in [3.8, 4) is 0 Å². The van der Waals surface area contributed by atoms with Crippen LogP contribution < -0.4 is 0 Å². The van der Waals surface area contributed by atoms with Gasteiger partial charge in [-0.15, -0.1) is 0 Å². The van der Waals surface area contributed by atoms with E-state index in [2.05, 4.69) is 16.8 Å². The monoisotopic (exact) mass is 238 g/mol. The summed E-state index contributed by atoms with van der Waals surface area (Å²) in [5, 5.41) is 8.74. The number of carboxylic acids is 1. The zero-order valence-electron chi connectivity index (χ0n) is 10.1. The van der Waals surface area contributed by atoms with Gasteiger partial charge in [0.2, 0.25) is 5.76 Å². The number of hydrogen-bond donors (Lipinski definition) is 1. The van der Waals surface area contributed by atoms with Gasteiger partial charge in [0.25, 0.3) is 0 Å². The first-order chi connectivity index (χ1) is 8.19. The van der Waals surface area contributed by atoms with E-state index in [1.807, 2.05) is 0 Å². The summed E-state index contributed by atoms with van der Waals surface area (Å²) in [6, 6.07) is 0. The molecule has 1 N–H and O–H groups in total. The summed E-state index contributed by atoms with van der Waals surface area (Å²) in [4.78, 5) is 17.1. The van der Waals surface area contributed by atoms with E-state index >= 15 is 0 Å². The molecule has 0 radical (unpaired) electrons. The van der Waals surface area contributed by atoms with Gasteiger partial charge in [-0.05, 0) is 31.8 Å². The van der Waals surface area contributed by atoms with Gasteiger partial charge in [0, 0.05) is 13.0 Å². The molecule has 0 aromatic carbocycles. The maximum absolute atomic E-state index is 10.7. The Hall–Kier alpha value is -1.36. The third-order valence-electron chi connectivity index (χ3n) is 3.28. The van der Waals surface area contributed by atoms with Crippen molar-refractivity contribution in [2.45, 2.75) is 26.2 Å². The molecule has 0 saturated carbocycles. The molecular weight excluding hydrogens is 220 g/mol. The average molecular weight is 238 g/mol. The van der Waals surface area contributed by atoms with Crippen molar-refractivity contribution >= 4 is 5.97 Å². The van der Waals surface area contributed by atoms with Crippen molar-refractivity contribution in [3.63, 3.8) is 0 Å². The largest absolute Gasteiger partial charge is 0.475 e. The molecule has 1 atom stereocenters. The highest BCUT2D eigenvalue weighted by Crippen LogP contribution is 2.20. The molecule has 1 aliphatic rings. The molecule has 5 heteroatoms. The van der Waals surface area contributed by atoms with E-state index in [0.717, 1.165) is 19.5 Å². The Kier molecular flexibility index (Phi) is 3.78. The van der Waals surface area contributed by atoms with Crippen LogP contribution in [0.1, 0.15) is 36.2 Å². The van der Waals surface area contributed by atoms with E-state index < -0.39 is 5.97 Å². The highest BCUT2D eigenvalue weighted by molar-refractivity contribution is 5.83. The second-order valence-electron chi connectivity index (χ2n) is 4.53. The van der Waals surface area contributed by atoms with Gasteiger partial charge in [0.1, 0.15) is 0 Å². The quantitative estimate of drug-likeness (QED) is 0.863. The molecule has 0 bridgehead atoms. The minimum absolute atomic E-state index is 0.0665. The number of likely N-dealkylation sites (tertiary alicyclic amines) is 1. The zero-order valence-corrected chi connectivity index (χ0v) is 10.1. The third kappa shape index (κ3) is 3.06. The van der Waals surface area contributed by atoms with Gasteiger partial charge in [-0.25, -0.2) is 9.78 Å². The lowest BCUT2D eigenvalue weighted by molar-refractivity contribution is 0.0659. The normalized spacial score (nSPS) is 21.6. The minimum Gasteiger partial charge on any atom is -0.475 e. The number of rotatable bonds is 4. The molecule has 1 saturated heterocycles. The Morgan fingerprint density at radius 3 is 3.18 bits per heavy atom. The van der Waals surface area contributed by atoms with Crippen LogP contribution in [-0.2, 0) is 6.42 Å². The lowest BCUT2D eigenvalue weighted by Crippen LogP contribution is -2.35. The predicted molar refractivity (Wildman–Crippen MR) is 62.0 cm³/mol. The van der Waals surface area contributed by atoms with Crippen molar-refractivity contribution in [1.82, 2.24) is 9.88 Å². The van der Waals surface area contributed by atoms with Crippen molar-refractivity contribution in [2.75, 3.05) is 19.6 Å². The first-order valence-electron chi connectivity index (χ1n) is 6.09. The van der Waals surface area contributed by atoms with Gasteiger partial charge in [-0.1, -0.05) is 6.92 Å². The summed E-state index contributed by atoms with van der Waals surface area (Å²) in [7, 11) is 0. The summed E-state index contributed by atoms with van der Waals surface area (Å²) in [6.45, 7) is 5.46. The first kappa shape index (κ1) is 12.1. The smallest absolute Gasteiger partial charge is 0.373 e. The number of aromatic carboxylic acids is 1. The molecule has 5 nitrogen and oxygen atoms in total. The van der Waals surface area contributed by atoms with Crippen LogP contribution in [0.5, 0.6) is 0 Å². The summed E-state index contributed by atoms with van der Waals surface area (Å²) in [5.41, 5.74) is 0. The molecule has 1 aliphatic heterocycles. The topological polar surface area (TPSA) is 66.6 Å². The Morgan fingerprint density at radius 2 is 2.53 bits per heavy atom. The predicted octanol–water partition coefficient (Wildman–Crippen LogP) is 1.65. The maximum atomic E-state index is 10.7. The second-order valence-corrected chi connectivity index (χ2v) is 4.53. The fraction of sp³-hybridized carbons (Fsp3) is 0.667. The number of oxazole rings is 1. The molecule has 1 fully saturated rings. The number of carboxylic acid groups (broad SMARTS) is 1. The molecule has 1 aromatic heterocycles. The van der Waals surface area contributed by atoms with E-state index in [9.17, 15) is 4.79 Å². The molecule has 1 unspecified atom stereocenters. The van der Waals surface area contributed by atoms with E-state index in [1.165, 1.54) is 25.6 Å². The van der Waals surface area contributed by atoms with Gasteiger partial charge in [0.15, 0.2) is 5.89 Å². The Morgan fingerprint density at radius 1 is 1.71 bits per heavy atom. The molecule has 0 amide bonds. The molecule has 2 heterocycles. The van der Waals surface area contributed by atoms with E-state index in [1.54, 1.807) is 0 Å². The lowest BCUT2D eigenvalue weighted by atomic mass is 9.95. The third-order valence-corrected chi connectivity index (χ3v) is 3.28. The number of carbonyl (C=O) groups is 1. The summed E-state index contributed by atoms with van der Waals surface area (Å²) in [6.07, 6.45) is 4.40. The zero-order chi connectivity index (χ0) is 12.3. The van der Waals surface area contributed by atoms with Crippen LogP contribution in [0.3, 0.4) is 0 Å². The summed E-state index contributed by atoms with van der Waals surface area (Å²) >= 11 is 0. The number of aromatic nitrogens is 1. The highest BCUT2D eigenvalue weighted by atomic mass is 16.4. The number of nitrogens with zero attached hydrogens (tertiary/aromatic N) is 2. The molecule has 94 valence electrons. The van der Waals surface area contributed by atoms with Crippen molar-refractivity contribution < 1.29 is 14.3 Å². The highest BCUT2D eigenvalue weighted by Gasteiger charge is 2.21. The summed E-state index contributed by atoms with van der Waals surface area (Å²) in [5.74, 6) is -0.0416. The van der Waals surface area contributed by atoms with Gasteiger partial charge < -0.3 is 14.4 Å². The fourth-order valence-corrected chi connectivity index (χ4v) is 2.36. The molecule has 2 rings (SSSR count). The summed E-state index contributed by atoms with van der Waals surface area (Å²) < 4.78 is 5.19. The van der Waals surface area contributed by atoms with Gasteiger partial charge >= 0.3 is 5.97 Å². The van der Waals surface area contributed by atoms with E-state index in [4.69, 9.17) is 9.52 Å². The van der Waals surface area contributed by atoms with Crippen LogP contribution in [0.15, 0.2) is 10.6 Å². The van der Waals surface area contributed by atoms with Gasteiger partial charge in [0.05, 0.1) is 6.20 Å². The van der Waals surface area contributed by atoms with E-state index in [0.29, 0.717) is 11.8 Å². The number of hydrogen-bond acceptors (Lipinski definition) is 4. The lowest BCUT2D eigenvalue weighted by Gasteiger charge is -2.31. The molecule has 17 heavy (non-hydrogen) atoms. The fourth-order valence-electron chi connectivity index (χ4n) is 2.36.